The molecule has 0 saturated heterocycles. The van der Waals surface area contributed by atoms with Crippen LogP contribution in [-0.4, -0.2) is 22.2 Å². The number of hydrogen-bond donors (Lipinski definition) is 2. The summed E-state index contributed by atoms with van der Waals surface area (Å²) in [5.74, 6) is 0. The summed E-state index contributed by atoms with van der Waals surface area (Å²) in [7, 11) is 0. The topological polar surface area (TPSA) is 75.4 Å². The van der Waals surface area contributed by atoms with Gasteiger partial charge < -0.3 is 10.4 Å². The third-order valence-electron chi connectivity index (χ3n) is 2.74. The molecule has 0 aliphatic heterocycles. The average Bonchev–Trinajstić information content (AvgIpc) is 2.31. The van der Waals surface area contributed by atoms with E-state index in [-0.39, 0.29) is 23.0 Å². The lowest BCUT2D eigenvalue weighted by atomic mass is 9.99. The summed E-state index contributed by atoms with van der Waals surface area (Å²) in [5.41, 5.74) is -0.473. The number of aliphatic hydroxyl groups is 1. The van der Waals surface area contributed by atoms with Crippen LogP contribution in [0.1, 0.15) is 20.3 Å². The fraction of sp³-hybridized carbons (Fsp3) is 0.455. The van der Waals surface area contributed by atoms with Gasteiger partial charge in [0, 0.05) is 6.07 Å². The number of anilines is 1. The molecule has 17 heavy (non-hydrogen) atoms. The van der Waals surface area contributed by atoms with E-state index < -0.39 is 10.5 Å². The zero-order valence-electron chi connectivity index (χ0n) is 9.74. The lowest BCUT2D eigenvalue weighted by Crippen LogP contribution is -2.38. The highest BCUT2D eigenvalue weighted by atomic mass is 35.5. The maximum atomic E-state index is 10.9. The second-order valence-corrected chi connectivity index (χ2v) is 4.50. The van der Waals surface area contributed by atoms with Crippen molar-refractivity contribution in [3.63, 3.8) is 0 Å². The maximum Gasteiger partial charge on any atom is 0.293 e. The first-order valence-electron chi connectivity index (χ1n) is 5.25. The number of benzene rings is 1. The smallest absolute Gasteiger partial charge is 0.293 e. The molecule has 0 saturated carbocycles. The van der Waals surface area contributed by atoms with Crippen LogP contribution in [0.2, 0.25) is 5.02 Å². The number of nitrogens with zero attached hydrogens (tertiary/aromatic N) is 1. The minimum absolute atomic E-state index is 0.0920. The molecule has 1 aromatic carbocycles. The van der Waals surface area contributed by atoms with E-state index in [1.165, 1.54) is 12.1 Å². The lowest BCUT2D eigenvalue weighted by molar-refractivity contribution is -0.384. The van der Waals surface area contributed by atoms with Crippen molar-refractivity contribution >= 4 is 23.0 Å². The number of aliphatic hydroxyl groups excluding tert-OH is 1. The van der Waals surface area contributed by atoms with E-state index in [4.69, 9.17) is 11.6 Å². The Morgan fingerprint density at radius 3 is 2.71 bits per heavy atom. The van der Waals surface area contributed by atoms with E-state index in [2.05, 4.69) is 5.32 Å². The van der Waals surface area contributed by atoms with Gasteiger partial charge >= 0.3 is 0 Å². The third-order valence-corrected chi connectivity index (χ3v) is 3.06. The normalized spacial score (nSPS) is 14.1. The Bertz CT molecular complexity index is 419. The van der Waals surface area contributed by atoms with E-state index >= 15 is 0 Å². The van der Waals surface area contributed by atoms with Gasteiger partial charge in [-0.15, -0.1) is 0 Å². The monoisotopic (exact) mass is 258 g/mol. The van der Waals surface area contributed by atoms with E-state index in [1.807, 2.05) is 6.92 Å². The van der Waals surface area contributed by atoms with E-state index in [0.29, 0.717) is 6.42 Å². The summed E-state index contributed by atoms with van der Waals surface area (Å²) >= 11 is 5.94. The van der Waals surface area contributed by atoms with E-state index in [0.717, 1.165) is 0 Å². The molecule has 1 rings (SSSR count). The molecule has 0 radical (unpaired) electrons. The number of halogens is 1. The molecule has 0 amide bonds. The van der Waals surface area contributed by atoms with Crippen molar-refractivity contribution in [3.05, 3.63) is 33.3 Å². The Morgan fingerprint density at radius 1 is 1.59 bits per heavy atom. The zero-order chi connectivity index (χ0) is 13.1. The van der Waals surface area contributed by atoms with Gasteiger partial charge in [0.25, 0.3) is 5.69 Å². The Morgan fingerprint density at radius 2 is 2.24 bits per heavy atom. The molecule has 0 aromatic heterocycles. The lowest BCUT2D eigenvalue weighted by Gasteiger charge is -2.28. The largest absolute Gasteiger partial charge is 0.394 e. The molecule has 0 aliphatic rings. The summed E-state index contributed by atoms with van der Waals surface area (Å²) in [6.07, 6.45) is 0.617. The van der Waals surface area contributed by atoms with Crippen molar-refractivity contribution in [2.45, 2.75) is 25.8 Å². The van der Waals surface area contributed by atoms with Crippen LogP contribution in [0.5, 0.6) is 0 Å². The van der Waals surface area contributed by atoms with Crippen LogP contribution >= 0.6 is 11.6 Å². The van der Waals surface area contributed by atoms with Crippen LogP contribution in [0.25, 0.3) is 0 Å². The van der Waals surface area contributed by atoms with E-state index in [1.54, 1.807) is 13.0 Å². The predicted octanol–water partition coefficient (Wildman–Crippen LogP) is 2.82. The zero-order valence-corrected chi connectivity index (χ0v) is 10.5. The molecule has 0 bridgehead atoms. The van der Waals surface area contributed by atoms with Crippen LogP contribution in [0.3, 0.4) is 0 Å². The Balaban J connectivity index is 3.17. The molecular formula is C11H15ClN2O3. The fourth-order valence-corrected chi connectivity index (χ4v) is 1.55. The van der Waals surface area contributed by atoms with Gasteiger partial charge in [-0.2, -0.15) is 0 Å². The second kappa shape index (κ2) is 5.33. The molecule has 1 aromatic rings. The van der Waals surface area contributed by atoms with Crippen molar-refractivity contribution in [3.8, 4) is 0 Å². The number of hydrogen-bond acceptors (Lipinski definition) is 4. The van der Waals surface area contributed by atoms with Crippen LogP contribution in [-0.2, 0) is 0 Å². The number of nitro groups is 1. The molecule has 0 aliphatic carbocycles. The molecule has 1 unspecified atom stereocenters. The Kier molecular flexibility index (Phi) is 4.31. The Hall–Kier alpha value is -1.33. The van der Waals surface area contributed by atoms with Gasteiger partial charge in [-0.25, -0.2) is 0 Å². The van der Waals surface area contributed by atoms with Gasteiger partial charge in [0.05, 0.1) is 22.1 Å². The Labute approximate surface area is 105 Å². The van der Waals surface area contributed by atoms with Crippen molar-refractivity contribution < 1.29 is 10.0 Å². The summed E-state index contributed by atoms with van der Waals surface area (Å²) in [6.45, 7) is 3.53. The highest BCUT2D eigenvalue weighted by molar-refractivity contribution is 6.33. The summed E-state index contributed by atoms with van der Waals surface area (Å²) in [5, 5.41) is 23.4. The summed E-state index contributed by atoms with van der Waals surface area (Å²) in [4.78, 5) is 10.4. The molecule has 0 spiro atoms. The first kappa shape index (κ1) is 13.7. The highest BCUT2D eigenvalue weighted by Crippen LogP contribution is 2.34. The molecule has 1 atom stereocenters. The minimum Gasteiger partial charge on any atom is -0.394 e. The molecule has 94 valence electrons. The number of nitro benzene ring substituents is 1. The first-order chi connectivity index (χ1) is 7.93. The molecule has 6 heteroatoms. The van der Waals surface area contributed by atoms with Gasteiger partial charge in [0.15, 0.2) is 0 Å². The van der Waals surface area contributed by atoms with Gasteiger partial charge in [-0.1, -0.05) is 24.6 Å². The second-order valence-electron chi connectivity index (χ2n) is 4.09. The van der Waals surface area contributed by atoms with Crippen LogP contribution < -0.4 is 5.32 Å². The minimum atomic E-state index is -0.629. The summed E-state index contributed by atoms with van der Waals surface area (Å²) < 4.78 is 0. The molecule has 0 fully saturated rings. The number of para-hydroxylation sites is 1. The van der Waals surface area contributed by atoms with Crippen LogP contribution in [0, 0.1) is 10.1 Å². The standard InChI is InChI=1S/C11H15ClN2O3/c1-3-11(2,7-15)13-10-8(12)5-4-6-9(10)14(16)17/h4-6,13,15H,3,7H2,1-2H3. The van der Waals surface area contributed by atoms with Crippen molar-refractivity contribution in [1.82, 2.24) is 0 Å². The number of nitrogens with one attached hydrogen (secondary N) is 1. The van der Waals surface area contributed by atoms with Gasteiger partial charge in [-0.05, 0) is 19.4 Å². The molecule has 2 N–H and O–H groups in total. The first-order valence-corrected chi connectivity index (χ1v) is 5.63. The van der Waals surface area contributed by atoms with Gasteiger partial charge in [0.2, 0.25) is 0 Å². The molecule has 5 nitrogen and oxygen atoms in total. The molecular weight excluding hydrogens is 244 g/mol. The van der Waals surface area contributed by atoms with Gasteiger partial charge in [-0.3, -0.25) is 10.1 Å². The summed E-state index contributed by atoms with van der Waals surface area (Å²) in [6, 6.07) is 4.47. The van der Waals surface area contributed by atoms with Crippen LogP contribution in [0.4, 0.5) is 11.4 Å². The predicted molar refractivity (Wildman–Crippen MR) is 67.5 cm³/mol. The maximum absolute atomic E-state index is 10.9. The SMILES string of the molecule is CCC(C)(CO)Nc1c(Cl)cccc1[N+](=O)[O-]. The quantitative estimate of drug-likeness (QED) is 0.629. The highest BCUT2D eigenvalue weighted by Gasteiger charge is 2.26. The number of rotatable bonds is 5. The van der Waals surface area contributed by atoms with Crippen molar-refractivity contribution in [1.29, 1.82) is 0 Å². The van der Waals surface area contributed by atoms with Crippen molar-refractivity contribution in [2.75, 3.05) is 11.9 Å². The molecule has 0 heterocycles. The van der Waals surface area contributed by atoms with Crippen molar-refractivity contribution in [2.24, 2.45) is 0 Å². The van der Waals surface area contributed by atoms with E-state index in [9.17, 15) is 15.2 Å². The van der Waals surface area contributed by atoms with Crippen LogP contribution in [0.15, 0.2) is 18.2 Å². The van der Waals surface area contributed by atoms with Gasteiger partial charge in [0.1, 0.15) is 5.69 Å². The fourth-order valence-electron chi connectivity index (χ4n) is 1.33. The average molecular weight is 259 g/mol. The third kappa shape index (κ3) is 3.08.